The molecular formula is C22H25N3O5. The average Bonchev–Trinajstić information content (AvgIpc) is 2.75. The molecule has 0 radical (unpaired) electrons. The van der Waals surface area contributed by atoms with E-state index in [9.17, 15) is 14.7 Å². The second kappa shape index (κ2) is 10.4. The van der Waals surface area contributed by atoms with Gasteiger partial charge in [0.05, 0.1) is 32.3 Å². The van der Waals surface area contributed by atoms with Gasteiger partial charge in [-0.2, -0.15) is 0 Å². The van der Waals surface area contributed by atoms with Gasteiger partial charge in [0.25, 0.3) is 0 Å². The van der Waals surface area contributed by atoms with Crippen LogP contribution in [0.3, 0.4) is 0 Å². The summed E-state index contributed by atoms with van der Waals surface area (Å²) in [5.74, 6) is 0.424. The summed E-state index contributed by atoms with van der Waals surface area (Å²) in [6.45, 7) is -0.300. The van der Waals surface area contributed by atoms with Gasteiger partial charge in [0.2, 0.25) is 5.91 Å². The van der Waals surface area contributed by atoms with Gasteiger partial charge >= 0.3 is 6.03 Å². The van der Waals surface area contributed by atoms with Crippen molar-refractivity contribution >= 4 is 23.3 Å². The van der Waals surface area contributed by atoms with Crippen LogP contribution in [-0.4, -0.2) is 49.0 Å². The van der Waals surface area contributed by atoms with Crippen molar-refractivity contribution in [2.45, 2.75) is 24.7 Å². The molecule has 1 aliphatic rings. The monoisotopic (exact) mass is 411 g/mol. The Morgan fingerprint density at radius 1 is 1.03 bits per heavy atom. The summed E-state index contributed by atoms with van der Waals surface area (Å²) in [5.41, 5.74) is 1.28. The van der Waals surface area contributed by atoms with Crippen LogP contribution in [0.2, 0.25) is 0 Å². The first kappa shape index (κ1) is 21.4. The molecule has 0 bridgehead atoms. The zero-order valence-corrected chi connectivity index (χ0v) is 16.6. The molecule has 0 aromatic heterocycles. The van der Waals surface area contributed by atoms with Crippen molar-refractivity contribution in [1.82, 2.24) is 5.32 Å². The minimum atomic E-state index is -0.666. The van der Waals surface area contributed by atoms with Gasteiger partial charge in [-0.1, -0.05) is 36.4 Å². The maximum Gasteiger partial charge on any atom is 0.319 e. The van der Waals surface area contributed by atoms with E-state index in [-0.39, 0.29) is 18.9 Å². The molecule has 1 heterocycles. The summed E-state index contributed by atoms with van der Waals surface area (Å²) in [6, 6.07) is 15.1. The highest BCUT2D eigenvalue weighted by Gasteiger charge is 2.29. The molecule has 0 aliphatic carbocycles. The number of anilines is 2. The molecule has 158 valence electrons. The Morgan fingerprint density at radius 3 is 2.53 bits per heavy atom. The Bertz CT molecular complexity index is 887. The fourth-order valence-electron chi connectivity index (χ4n) is 3.07. The summed E-state index contributed by atoms with van der Waals surface area (Å²) >= 11 is 0. The first-order chi connectivity index (χ1) is 14.6. The maximum atomic E-state index is 12.3. The van der Waals surface area contributed by atoms with Gasteiger partial charge in [-0.05, 0) is 24.3 Å². The lowest BCUT2D eigenvalue weighted by atomic mass is 10.0. The lowest BCUT2D eigenvalue weighted by molar-refractivity contribution is -0.120. The Labute approximate surface area is 174 Å². The van der Waals surface area contributed by atoms with Crippen LogP contribution in [0.25, 0.3) is 0 Å². The molecule has 0 spiro atoms. The molecule has 8 heteroatoms. The van der Waals surface area contributed by atoms with E-state index in [4.69, 9.17) is 9.47 Å². The smallest absolute Gasteiger partial charge is 0.319 e. The molecule has 0 saturated carbocycles. The van der Waals surface area contributed by atoms with Crippen molar-refractivity contribution in [2.75, 3.05) is 24.4 Å². The summed E-state index contributed by atoms with van der Waals surface area (Å²) in [7, 11) is 1.55. The number of methoxy groups -OCH3 is 1. The number of hydrogen-bond acceptors (Lipinski definition) is 5. The van der Waals surface area contributed by atoms with E-state index in [1.165, 1.54) is 0 Å². The molecule has 8 nitrogen and oxygen atoms in total. The third-order valence-corrected chi connectivity index (χ3v) is 4.53. The summed E-state index contributed by atoms with van der Waals surface area (Å²) in [5, 5.41) is 17.9. The lowest BCUT2D eigenvalue weighted by Gasteiger charge is -2.31. The van der Waals surface area contributed by atoms with Crippen LogP contribution in [0.1, 0.15) is 6.42 Å². The average molecular weight is 411 g/mol. The first-order valence-corrected chi connectivity index (χ1v) is 9.58. The number of para-hydroxylation sites is 1. The Morgan fingerprint density at radius 2 is 1.80 bits per heavy atom. The van der Waals surface area contributed by atoms with E-state index in [2.05, 4.69) is 16.0 Å². The summed E-state index contributed by atoms with van der Waals surface area (Å²) in [6.07, 6.45) is 2.39. The summed E-state index contributed by atoms with van der Waals surface area (Å²) < 4.78 is 10.9. The summed E-state index contributed by atoms with van der Waals surface area (Å²) in [4.78, 5) is 24.5. The lowest BCUT2D eigenvalue weighted by Crippen LogP contribution is -2.50. The van der Waals surface area contributed by atoms with Gasteiger partial charge in [-0.15, -0.1) is 0 Å². The van der Waals surface area contributed by atoms with Gasteiger partial charge in [0.1, 0.15) is 11.9 Å². The van der Waals surface area contributed by atoms with E-state index in [1.807, 2.05) is 18.2 Å². The van der Waals surface area contributed by atoms with Gasteiger partial charge < -0.3 is 30.5 Å². The molecule has 3 amide bonds. The fourth-order valence-corrected chi connectivity index (χ4v) is 3.07. The second-order valence-corrected chi connectivity index (χ2v) is 6.75. The third-order valence-electron chi connectivity index (χ3n) is 4.53. The minimum absolute atomic E-state index is 0.102. The van der Waals surface area contributed by atoms with Crippen LogP contribution < -0.4 is 20.7 Å². The number of urea groups is 1. The molecule has 1 aliphatic heterocycles. The Hall–Kier alpha value is -3.36. The number of amides is 3. The zero-order valence-electron chi connectivity index (χ0n) is 16.6. The maximum absolute atomic E-state index is 12.3. The highest BCUT2D eigenvalue weighted by molar-refractivity contribution is 5.91. The highest BCUT2D eigenvalue weighted by Crippen LogP contribution is 2.19. The van der Waals surface area contributed by atoms with Crippen LogP contribution in [0.4, 0.5) is 16.2 Å². The third kappa shape index (κ3) is 6.07. The molecule has 0 fully saturated rings. The molecule has 2 aromatic rings. The molecule has 0 unspecified atom stereocenters. The van der Waals surface area contributed by atoms with E-state index in [0.717, 1.165) is 0 Å². The van der Waals surface area contributed by atoms with Crippen molar-refractivity contribution in [3.63, 3.8) is 0 Å². The molecule has 30 heavy (non-hydrogen) atoms. The molecule has 3 atom stereocenters. The number of rotatable bonds is 7. The van der Waals surface area contributed by atoms with Gasteiger partial charge in [-0.3, -0.25) is 4.79 Å². The minimum Gasteiger partial charge on any atom is -0.497 e. The van der Waals surface area contributed by atoms with E-state index in [1.54, 1.807) is 55.7 Å². The van der Waals surface area contributed by atoms with E-state index >= 15 is 0 Å². The number of benzene rings is 2. The number of carbonyl (C=O) groups excluding carboxylic acids is 2. The van der Waals surface area contributed by atoms with Crippen LogP contribution in [0, 0.1) is 0 Å². The van der Waals surface area contributed by atoms with E-state index in [0.29, 0.717) is 17.1 Å². The van der Waals surface area contributed by atoms with Crippen molar-refractivity contribution < 1.29 is 24.2 Å². The number of hydrogen-bond donors (Lipinski definition) is 4. The molecule has 3 rings (SSSR count). The molecule has 0 saturated heterocycles. The molecule has 4 N–H and O–H groups in total. The van der Waals surface area contributed by atoms with E-state index < -0.39 is 24.3 Å². The van der Waals surface area contributed by atoms with Crippen molar-refractivity contribution in [3.05, 3.63) is 66.7 Å². The number of aliphatic hydroxyl groups is 1. The standard InChI is InChI=1S/C22H25N3O5/c1-29-17-9-5-8-16(12-17)24-22(28)25-19-11-10-18(30-20(19)14-26)13-21(27)23-15-6-3-2-4-7-15/h2-12,18-20,26H,13-14H2,1H3,(H,23,27)(H2,24,25,28)/t18-,19-,20-/m0/s1. The molecule has 2 aromatic carbocycles. The zero-order chi connectivity index (χ0) is 21.3. The predicted molar refractivity (Wildman–Crippen MR) is 114 cm³/mol. The number of aliphatic hydroxyl groups excluding tert-OH is 1. The number of ether oxygens (including phenoxy) is 2. The SMILES string of the molecule is COc1cccc(NC(=O)N[C@H]2C=C[C@@H](CC(=O)Nc3ccccc3)O[C@H]2CO)c1. The highest BCUT2D eigenvalue weighted by atomic mass is 16.5. The number of nitrogens with one attached hydrogen (secondary N) is 3. The Balaban J connectivity index is 1.54. The van der Waals surface area contributed by atoms with Crippen LogP contribution in [0.5, 0.6) is 5.75 Å². The van der Waals surface area contributed by atoms with Gasteiger partial charge in [-0.25, -0.2) is 4.79 Å². The van der Waals surface area contributed by atoms with Crippen molar-refractivity contribution in [3.8, 4) is 5.75 Å². The van der Waals surface area contributed by atoms with Crippen molar-refractivity contribution in [2.24, 2.45) is 0 Å². The van der Waals surface area contributed by atoms with Crippen LogP contribution in [-0.2, 0) is 9.53 Å². The van der Waals surface area contributed by atoms with Crippen LogP contribution >= 0.6 is 0 Å². The topological polar surface area (TPSA) is 109 Å². The van der Waals surface area contributed by atoms with Crippen molar-refractivity contribution in [1.29, 1.82) is 0 Å². The molecular weight excluding hydrogens is 386 g/mol. The predicted octanol–water partition coefficient (Wildman–Crippen LogP) is 2.53. The Kier molecular flexibility index (Phi) is 7.42. The quantitative estimate of drug-likeness (QED) is 0.524. The normalized spacial score (nSPS) is 20.3. The van der Waals surface area contributed by atoms with Gasteiger partial charge in [0, 0.05) is 17.4 Å². The first-order valence-electron chi connectivity index (χ1n) is 9.58. The fraction of sp³-hybridized carbons (Fsp3) is 0.273. The largest absolute Gasteiger partial charge is 0.497 e. The van der Waals surface area contributed by atoms with Crippen LogP contribution in [0.15, 0.2) is 66.7 Å². The second-order valence-electron chi connectivity index (χ2n) is 6.75. The van der Waals surface area contributed by atoms with Gasteiger partial charge in [0.15, 0.2) is 0 Å². The number of carbonyl (C=O) groups is 2.